The van der Waals surface area contributed by atoms with Crippen molar-refractivity contribution in [3.8, 4) is 0 Å². The lowest BCUT2D eigenvalue weighted by Gasteiger charge is -2.44. The number of amides is 1. The highest BCUT2D eigenvalue weighted by molar-refractivity contribution is 7.20. The minimum absolute atomic E-state index is 0.0736. The summed E-state index contributed by atoms with van der Waals surface area (Å²) in [5.74, 6) is 1.04. The Morgan fingerprint density at radius 1 is 1.27 bits per heavy atom. The maximum absolute atomic E-state index is 12.8. The van der Waals surface area contributed by atoms with Crippen molar-refractivity contribution in [2.24, 2.45) is 5.92 Å². The van der Waals surface area contributed by atoms with Gasteiger partial charge in [-0.3, -0.25) is 9.59 Å². The van der Waals surface area contributed by atoms with E-state index in [9.17, 15) is 9.59 Å². The van der Waals surface area contributed by atoms with Gasteiger partial charge in [0.2, 0.25) is 0 Å². The lowest BCUT2D eigenvalue weighted by Crippen LogP contribution is -2.50. The number of thiophene rings is 1. The molecule has 2 aromatic heterocycles. The number of carbonyl (C=O) groups excluding carboxylic acids is 1. The van der Waals surface area contributed by atoms with Crippen LogP contribution in [0.3, 0.4) is 0 Å². The third-order valence-corrected chi connectivity index (χ3v) is 7.06. The minimum Gasteiger partial charge on any atom is -0.351 e. The summed E-state index contributed by atoms with van der Waals surface area (Å²) in [6.07, 6.45) is 6.26. The summed E-state index contributed by atoms with van der Waals surface area (Å²) in [6.45, 7) is 6.73. The molecule has 0 spiro atoms. The smallest absolute Gasteiger partial charge is 0.261 e. The Hall–Kier alpha value is -1.73. The number of fused-ring (bicyclic) bond motifs is 2. The van der Waals surface area contributed by atoms with Gasteiger partial charge in [-0.05, 0) is 64.1 Å². The number of piperidine rings is 2. The largest absolute Gasteiger partial charge is 0.351 e. The summed E-state index contributed by atoms with van der Waals surface area (Å²) in [7, 11) is 0. The molecule has 4 rings (SSSR count). The van der Waals surface area contributed by atoms with Gasteiger partial charge in [0.15, 0.2) is 0 Å². The fourth-order valence-electron chi connectivity index (χ4n) is 4.59. The monoisotopic (exact) mass is 374 g/mol. The van der Waals surface area contributed by atoms with Gasteiger partial charge in [0.05, 0.1) is 10.3 Å². The third kappa shape index (κ3) is 3.18. The minimum atomic E-state index is -0.162. The second-order valence-corrected chi connectivity index (χ2v) is 8.60. The van der Waals surface area contributed by atoms with Gasteiger partial charge < -0.3 is 15.2 Å². The summed E-state index contributed by atoms with van der Waals surface area (Å²) in [5, 5.41) is 3.69. The molecule has 2 atom stereocenters. The molecule has 2 N–H and O–H groups in total. The molecule has 6 nitrogen and oxygen atoms in total. The summed E-state index contributed by atoms with van der Waals surface area (Å²) in [5.41, 5.74) is 0.574. The quantitative estimate of drug-likeness (QED) is 0.866. The first-order chi connectivity index (χ1) is 12.5. The van der Waals surface area contributed by atoms with Crippen molar-refractivity contribution in [1.29, 1.82) is 0 Å². The van der Waals surface area contributed by atoms with E-state index in [0.717, 1.165) is 12.1 Å². The maximum atomic E-state index is 12.8. The van der Waals surface area contributed by atoms with E-state index < -0.39 is 0 Å². The Bertz CT molecular complexity index is 886. The third-order valence-electron chi connectivity index (χ3n) is 5.88. The topological polar surface area (TPSA) is 78.1 Å². The first-order valence-corrected chi connectivity index (χ1v) is 10.4. The molecule has 4 heterocycles. The first kappa shape index (κ1) is 17.7. The molecule has 0 aliphatic carbocycles. The number of aryl methyl sites for hydroxylation is 2. The Kier molecular flexibility index (Phi) is 4.84. The number of nitrogens with one attached hydrogen (secondary N) is 2. The molecule has 7 heteroatoms. The normalized spacial score (nSPS) is 23.8. The molecule has 2 saturated heterocycles. The number of aromatic nitrogens is 2. The van der Waals surface area contributed by atoms with E-state index in [4.69, 9.17) is 0 Å². The summed E-state index contributed by atoms with van der Waals surface area (Å²) in [6, 6.07) is 0.619. The highest BCUT2D eigenvalue weighted by Crippen LogP contribution is 2.31. The predicted octanol–water partition coefficient (Wildman–Crippen LogP) is 2.60. The molecule has 2 aliphatic rings. The van der Waals surface area contributed by atoms with Crippen molar-refractivity contribution in [2.75, 3.05) is 19.6 Å². The second kappa shape index (κ2) is 7.12. The first-order valence-electron chi connectivity index (χ1n) is 9.57. The molecular formula is C19H26N4O2S. The van der Waals surface area contributed by atoms with E-state index in [1.54, 1.807) is 6.92 Å². The molecule has 0 aromatic carbocycles. The van der Waals surface area contributed by atoms with Crippen LogP contribution in [0.2, 0.25) is 0 Å². The van der Waals surface area contributed by atoms with Gasteiger partial charge in [-0.15, -0.1) is 11.3 Å². The van der Waals surface area contributed by atoms with Gasteiger partial charge in [-0.25, -0.2) is 4.98 Å². The summed E-state index contributed by atoms with van der Waals surface area (Å²) >= 11 is 1.32. The fourth-order valence-corrected chi connectivity index (χ4v) is 5.73. The lowest BCUT2D eigenvalue weighted by atomic mass is 9.83. The molecule has 140 valence electrons. The molecule has 2 aliphatic heterocycles. The number of H-pyrrole nitrogens is 1. The standard InChI is InChI=1S/C19H26N4O2S/c1-11-15-17(24)21-12(2)22-19(15)26-16(11)18(25)20-10-13-6-5-9-23-8-4-3-7-14(13)23/h13-14H,3-10H2,1-2H3,(H,20,25)(H,21,22,24). The zero-order valence-electron chi connectivity index (χ0n) is 15.4. The Labute approximate surface area is 157 Å². The number of aromatic amines is 1. The Morgan fingerprint density at radius 2 is 2.08 bits per heavy atom. The average Bonchev–Trinajstić information content (AvgIpc) is 2.96. The van der Waals surface area contributed by atoms with E-state index in [1.807, 2.05) is 6.92 Å². The summed E-state index contributed by atoms with van der Waals surface area (Å²) < 4.78 is 0. The van der Waals surface area contributed by atoms with Crippen molar-refractivity contribution >= 4 is 27.5 Å². The van der Waals surface area contributed by atoms with Crippen molar-refractivity contribution in [1.82, 2.24) is 20.2 Å². The van der Waals surface area contributed by atoms with E-state index in [1.165, 1.54) is 56.5 Å². The second-order valence-electron chi connectivity index (χ2n) is 7.60. The van der Waals surface area contributed by atoms with E-state index in [-0.39, 0.29) is 11.5 Å². The molecule has 0 radical (unpaired) electrons. The molecule has 0 bridgehead atoms. The number of hydrogen-bond donors (Lipinski definition) is 2. The fraction of sp³-hybridized carbons (Fsp3) is 0.632. The van der Waals surface area contributed by atoms with Crippen LogP contribution in [0.15, 0.2) is 4.79 Å². The lowest BCUT2D eigenvalue weighted by molar-refractivity contribution is 0.0576. The zero-order valence-corrected chi connectivity index (χ0v) is 16.2. The molecular weight excluding hydrogens is 348 g/mol. The van der Waals surface area contributed by atoms with Crippen LogP contribution in [0, 0.1) is 19.8 Å². The van der Waals surface area contributed by atoms with Crippen molar-refractivity contribution in [3.63, 3.8) is 0 Å². The van der Waals surface area contributed by atoms with Gasteiger partial charge in [0.25, 0.3) is 11.5 Å². The predicted molar refractivity (Wildman–Crippen MR) is 104 cm³/mol. The molecule has 2 fully saturated rings. The molecule has 0 saturated carbocycles. The maximum Gasteiger partial charge on any atom is 0.261 e. The molecule has 26 heavy (non-hydrogen) atoms. The van der Waals surface area contributed by atoms with Crippen LogP contribution in [0.25, 0.3) is 10.2 Å². The van der Waals surface area contributed by atoms with Gasteiger partial charge in [0.1, 0.15) is 10.7 Å². The SMILES string of the molecule is Cc1nc2sc(C(=O)NCC3CCCN4CCCCC34)c(C)c2c(=O)[nH]1. The van der Waals surface area contributed by atoms with Crippen LogP contribution >= 0.6 is 11.3 Å². The summed E-state index contributed by atoms with van der Waals surface area (Å²) in [4.78, 5) is 35.9. The van der Waals surface area contributed by atoms with E-state index in [0.29, 0.717) is 32.9 Å². The zero-order chi connectivity index (χ0) is 18.3. The van der Waals surface area contributed by atoms with Gasteiger partial charge in [-0.2, -0.15) is 0 Å². The van der Waals surface area contributed by atoms with Gasteiger partial charge in [0, 0.05) is 12.6 Å². The van der Waals surface area contributed by atoms with Crippen LogP contribution in [0.1, 0.15) is 53.2 Å². The number of rotatable bonds is 3. The highest BCUT2D eigenvalue weighted by atomic mass is 32.1. The van der Waals surface area contributed by atoms with Crippen molar-refractivity contribution < 1.29 is 4.79 Å². The number of carbonyl (C=O) groups is 1. The van der Waals surface area contributed by atoms with E-state index in [2.05, 4.69) is 20.2 Å². The van der Waals surface area contributed by atoms with Crippen molar-refractivity contribution in [3.05, 3.63) is 26.6 Å². The van der Waals surface area contributed by atoms with Gasteiger partial charge in [-0.1, -0.05) is 6.42 Å². The van der Waals surface area contributed by atoms with Crippen molar-refractivity contribution in [2.45, 2.75) is 52.0 Å². The molecule has 2 unspecified atom stereocenters. The van der Waals surface area contributed by atoms with Crippen LogP contribution in [0.4, 0.5) is 0 Å². The highest BCUT2D eigenvalue weighted by Gasteiger charge is 2.33. The van der Waals surface area contributed by atoms with Crippen LogP contribution in [-0.4, -0.2) is 46.5 Å². The van der Waals surface area contributed by atoms with Gasteiger partial charge >= 0.3 is 0 Å². The van der Waals surface area contributed by atoms with E-state index >= 15 is 0 Å². The average molecular weight is 375 g/mol. The number of nitrogens with zero attached hydrogens (tertiary/aromatic N) is 2. The van der Waals surface area contributed by atoms with Crippen LogP contribution < -0.4 is 10.9 Å². The Balaban J connectivity index is 1.50. The van der Waals surface area contributed by atoms with Crippen LogP contribution in [0.5, 0.6) is 0 Å². The Morgan fingerprint density at radius 3 is 2.92 bits per heavy atom. The van der Waals surface area contributed by atoms with Crippen LogP contribution in [-0.2, 0) is 0 Å². The number of hydrogen-bond acceptors (Lipinski definition) is 5. The molecule has 2 aromatic rings. The molecule has 1 amide bonds.